The highest BCUT2D eigenvalue weighted by atomic mass is 16.5. The highest BCUT2D eigenvalue weighted by Gasteiger charge is 2.40. The second-order valence-electron chi connectivity index (χ2n) is 8.90. The second kappa shape index (κ2) is 7.62. The van der Waals surface area contributed by atoms with Crippen molar-refractivity contribution >= 4 is 5.97 Å². The molecule has 0 aromatic heterocycles. The minimum atomic E-state index is 0.123. The van der Waals surface area contributed by atoms with Gasteiger partial charge in [0.2, 0.25) is 0 Å². The van der Waals surface area contributed by atoms with Crippen LogP contribution in [0.1, 0.15) is 83.5 Å². The summed E-state index contributed by atoms with van der Waals surface area (Å²) in [7, 11) is 0. The molecule has 0 bridgehead atoms. The lowest BCUT2D eigenvalue weighted by Crippen LogP contribution is -2.34. The molecule has 0 aromatic carbocycles. The summed E-state index contributed by atoms with van der Waals surface area (Å²) >= 11 is 0. The van der Waals surface area contributed by atoms with Gasteiger partial charge in [-0.15, -0.1) is 0 Å². The summed E-state index contributed by atoms with van der Waals surface area (Å²) in [4.78, 5) is 12.7. The molecule has 0 amide bonds. The van der Waals surface area contributed by atoms with E-state index in [9.17, 15) is 4.79 Å². The fourth-order valence-electron chi connectivity index (χ4n) is 6.14. The molecule has 2 heteroatoms. The largest absolute Gasteiger partial charge is 0.462 e. The van der Waals surface area contributed by atoms with E-state index in [1.54, 1.807) is 0 Å². The fraction of sp³-hybridized carbons (Fsp3) is 0.864. The zero-order chi connectivity index (χ0) is 16.4. The molecule has 4 aliphatic rings. The summed E-state index contributed by atoms with van der Waals surface area (Å²) in [6.45, 7) is 0. The van der Waals surface area contributed by atoms with Crippen LogP contribution in [0.25, 0.3) is 0 Å². The maximum absolute atomic E-state index is 12.7. The van der Waals surface area contributed by atoms with Crippen molar-refractivity contribution in [1.29, 1.82) is 0 Å². The average Bonchev–Trinajstić information content (AvgIpc) is 3.12. The van der Waals surface area contributed by atoms with Crippen LogP contribution in [0, 0.1) is 29.6 Å². The lowest BCUT2D eigenvalue weighted by Gasteiger charge is -2.36. The van der Waals surface area contributed by atoms with Crippen LogP contribution < -0.4 is 0 Å². The highest BCUT2D eigenvalue weighted by Crippen LogP contribution is 2.43. The molecule has 0 N–H and O–H groups in total. The number of hydrogen-bond acceptors (Lipinski definition) is 2. The first kappa shape index (κ1) is 16.7. The first-order valence-corrected chi connectivity index (χ1v) is 10.7. The summed E-state index contributed by atoms with van der Waals surface area (Å²) < 4.78 is 6.00. The van der Waals surface area contributed by atoms with Crippen LogP contribution in [0.3, 0.4) is 0 Å². The van der Waals surface area contributed by atoms with Gasteiger partial charge < -0.3 is 4.74 Å². The Kier molecular flexibility index (Phi) is 5.29. The Hall–Kier alpha value is -0.790. The number of carbonyl (C=O) groups excluding carboxylic acids is 1. The van der Waals surface area contributed by atoms with Crippen molar-refractivity contribution in [2.45, 2.75) is 89.6 Å². The molecular formula is C22H34O2. The molecule has 0 unspecified atom stereocenters. The topological polar surface area (TPSA) is 26.3 Å². The van der Waals surface area contributed by atoms with Crippen molar-refractivity contribution in [2.24, 2.45) is 29.6 Å². The van der Waals surface area contributed by atoms with Gasteiger partial charge in [0.1, 0.15) is 6.10 Å². The third-order valence-electron chi connectivity index (χ3n) is 7.54. The van der Waals surface area contributed by atoms with Gasteiger partial charge in [0.15, 0.2) is 0 Å². The third kappa shape index (κ3) is 3.58. The average molecular weight is 331 g/mol. The van der Waals surface area contributed by atoms with Crippen molar-refractivity contribution in [3.8, 4) is 0 Å². The summed E-state index contributed by atoms with van der Waals surface area (Å²) in [5.74, 6) is 3.38. The minimum Gasteiger partial charge on any atom is -0.462 e. The Balaban J connectivity index is 1.26. The molecule has 3 atom stereocenters. The third-order valence-corrected chi connectivity index (χ3v) is 7.54. The molecule has 24 heavy (non-hydrogen) atoms. The van der Waals surface area contributed by atoms with E-state index in [1.807, 2.05) is 0 Å². The van der Waals surface area contributed by atoms with Crippen molar-refractivity contribution < 1.29 is 9.53 Å². The Morgan fingerprint density at radius 2 is 1.54 bits per heavy atom. The molecule has 134 valence electrons. The Morgan fingerprint density at radius 3 is 2.33 bits per heavy atom. The van der Waals surface area contributed by atoms with Gasteiger partial charge in [-0.2, -0.15) is 0 Å². The summed E-state index contributed by atoms with van der Waals surface area (Å²) in [6, 6.07) is 0. The first-order chi connectivity index (χ1) is 11.8. The standard InChI is InChI=1S/C22H34O2/c23-22(21-11-5-9-18-8-4-10-20(18)21)24-19-14-12-17(13-15-19)16-6-2-1-3-7-16/h5,9,16-21H,1-4,6-8,10-15H2/t17?,18-,19?,20-,21-/m0/s1. The van der Waals surface area contributed by atoms with Crippen LogP contribution in [-0.4, -0.2) is 12.1 Å². The smallest absolute Gasteiger partial charge is 0.309 e. The Bertz CT molecular complexity index is 455. The Labute approximate surface area is 147 Å². The second-order valence-corrected chi connectivity index (χ2v) is 8.90. The van der Waals surface area contributed by atoms with Crippen LogP contribution in [-0.2, 0) is 9.53 Å². The molecule has 0 saturated heterocycles. The number of hydrogen-bond donors (Lipinski definition) is 0. The molecule has 4 rings (SSSR count). The van der Waals surface area contributed by atoms with E-state index < -0.39 is 0 Å². The van der Waals surface area contributed by atoms with Gasteiger partial charge in [0.05, 0.1) is 5.92 Å². The van der Waals surface area contributed by atoms with Crippen molar-refractivity contribution in [1.82, 2.24) is 0 Å². The summed E-state index contributed by atoms with van der Waals surface area (Å²) in [5.41, 5.74) is 0. The molecule has 0 radical (unpaired) electrons. The van der Waals surface area contributed by atoms with Crippen LogP contribution >= 0.6 is 0 Å². The molecule has 3 fully saturated rings. The zero-order valence-corrected chi connectivity index (χ0v) is 15.1. The molecular weight excluding hydrogens is 296 g/mol. The number of fused-ring (bicyclic) bond motifs is 1. The SMILES string of the molecule is O=C(OC1CCC(C2CCCCC2)CC1)[C@H]1CC=C[C@@H]2CCC[C@@H]21. The molecule has 2 nitrogen and oxygen atoms in total. The van der Waals surface area contributed by atoms with Gasteiger partial charge in [-0.1, -0.05) is 50.7 Å². The van der Waals surface area contributed by atoms with Gasteiger partial charge in [0, 0.05) is 0 Å². The number of esters is 1. The van der Waals surface area contributed by atoms with Gasteiger partial charge in [-0.05, 0) is 68.6 Å². The monoisotopic (exact) mass is 330 g/mol. The maximum atomic E-state index is 12.7. The minimum absolute atomic E-state index is 0.123. The van der Waals surface area contributed by atoms with Crippen molar-refractivity contribution in [3.05, 3.63) is 12.2 Å². The molecule has 0 aliphatic heterocycles. The first-order valence-electron chi connectivity index (χ1n) is 10.7. The van der Waals surface area contributed by atoms with E-state index in [0.717, 1.165) is 31.1 Å². The van der Waals surface area contributed by atoms with E-state index in [0.29, 0.717) is 11.8 Å². The number of carbonyl (C=O) groups is 1. The molecule has 0 aromatic rings. The van der Waals surface area contributed by atoms with Gasteiger partial charge in [0.25, 0.3) is 0 Å². The van der Waals surface area contributed by atoms with Crippen molar-refractivity contribution in [2.75, 3.05) is 0 Å². The summed E-state index contributed by atoms with van der Waals surface area (Å²) in [5, 5.41) is 0. The van der Waals surface area contributed by atoms with Gasteiger partial charge in [-0.25, -0.2) is 0 Å². The lowest BCUT2D eigenvalue weighted by atomic mass is 9.73. The number of allylic oxidation sites excluding steroid dienone is 2. The quantitative estimate of drug-likeness (QED) is 0.493. The van der Waals surface area contributed by atoms with Crippen LogP contribution in [0.2, 0.25) is 0 Å². The van der Waals surface area contributed by atoms with E-state index >= 15 is 0 Å². The number of ether oxygens (including phenoxy) is 1. The lowest BCUT2D eigenvalue weighted by molar-refractivity contribution is -0.158. The normalized spacial score (nSPS) is 40.2. The molecule has 3 saturated carbocycles. The Morgan fingerprint density at radius 1 is 0.792 bits per heavy atom. The number of rotatable bonds is 3. The van der Waals surface area contributed by atoms with E-state index in [1.165, 1.54) is 64.2 Å². The molecule has 4 aliphatic carbocycles. The van der Waals surface area contributed by atoms with Crippen LogP contribution in [0.4, 0.5) is 0 Å². The van der Waals surface area contributed by atoms with Crippen LogP contribution in [0.15, 0.2) is 12.2 Å². The fourth-order valence-corrected chi connectivity index (χ4v) is 6.14. The van der Waals surface area contributed by atoms with Crippen LogP contribution in [0.5, 0.6) is 0 Å². The zero-order valence-electron chi connectivity index (χ0n) is 15.1. The van der Waals surface area contributed by atoms with Crippen molar-refractivity contribution in [3.63, 3.8) is 0 Å². The predicted octanol–water partition coefficient (Wildman–Crippen LogP) is 5.66. The molecule has 0 heterocycles. The van der Waals surface area contributed by atoms with E-state index in [-0.39, 0.29) is 18.0 Å². The van der Waals surface area contributed by atoms with E-state index in [4.69, 9.17) is 4.74 Å². The predicted molar refractivity (Wildman–Crippen MR) is 96.5 cm³/mol. The van der Waals surface area contributed by atoms with Gasteiger partial charge >= 0.3 is 5.97 Å². The summed E-state index contributed by atoms with van der Waals surface area (Å²) in [6.07, 6.45) is 21.5. The molecule has 0 spiro atoms. The highest BCUT2D eigenvalue weighted by molar-refractivity contribution is 5.73. The van der Waals surface area contributed by atoms with Gasteiger partial charge in [-0.3, -0.25) is 4.79 Å². The van der Waals surface area contributed by atoms with E-state index in [2.05, 4.69) is 12.2 Å². The maximum Gasteiger partial charge on any atom is 0.309 e.